The fraction of sp³-hybridized carbons (Fsp3) is 0.500. The molecular weight excluding hydrogens is 209 g/mol. The van der Waals surface area contributed by atoms with Crippen molar-refractivity contribution in [3.63, 3.8) is 0 Å². The topological polar surface area (TPSA) is 26.0 Å². The molecule has 0 radical (unpaired) electrons. The number of nitrogens with two attached hydrogens (primary N) is 1. The van der Waals surface area contributed by atoms with Gasteiger partial charge in [-0.3, -0.25) is 0 Å². The highest BCUT2D eigenvalue weighted by atomic mass is 32.2. The molecule has 0 heterocycles. The molecule has 0 saturated heterocycles. The summed E-state index contributed by atoms with van der Waals surface area (Å²) in [5, 5.41) is 0.231. The van der Waals surface area contributed by atoms with Crippen LogP contribution in [0.15, 0.2) is 29.2 Å². The molecule has 84 valence electrons. The Morgan fingerprint density at radius 1 is 1.33 bits per heavy atom. The van der Waals surface area contributed by atoms with Crippen LogP contribution in [0.4, 0.5) is 4.39 Å². The van der Waals surface area contributed by atoms with Crippen LogP contribution in [0.1, 0.15) is 20.8 Å². The van der Waals surface area contributed by atoms with Crippen LogP contribution in [-0.2, 0) is 0 Å². The molecule has 0 aromatic heterocycles. The summed E-state index contributed by atoms with van der Waals surface area (Å²) < 4.78 is 13.4. The van der Waals surface area contributed by atoms with Crippen molar-refractivity contribution in [1.82, 2.24) is 0 Å². The van der Waals surface area contributed by atoms with Crippen LogP contribution in [-0.4, -0.2) is 11.8 Å². The van der Waals surface area contributed by atoms with Gasteiger partial charge in [0.15, 0.2) is 0 Å². The van der Waals surface area contributed by atoms with Gasteiger partial charge in [-0.05, 0) is 17.5 Å². The zero-order valence-electron chi connectivity index (χ0n) is 9.46. The van der Waals surface area contributed by atoms with Crippen LogP contribution in [0.3, 0.4) is 0 Å². The highest BCUT2D eigenvalue weighted by Gasteiger charge is 2.24. The summed E-state index contributed by atoms with van der Waals surface area (Å²) in [4.78, 5) is 0.683. The lowest BCUT2D eigenvalue weighted by atomic mass is 9.92. The van der Waals surface area contributed by atoms with Crippen LogP contribution >= 0.6 is 11.8 Å². The van der Waals surface area contributed by atoms with Gasteiger partial charge in [0, 0.05) is 16.7 Å². The highest BCUT2D eigenvalue weighted by Crippen LogP contribution is 2.35. The molecular formula is C12H18FNS. The first-order valence-electron chi connectivity index (χ1n) is 5.06. The van der Waals surface area contributed by atoms with Crippen LogP contribution in [0.5, 0.6) is 0 Å². The molecule has 1 nitrogen and oxygen atoms in total. The largest absolute Gasteiger partial charge is 0.329 e. The predicted octanol–water partition coefficient (Wildman–Crippen LogP) is 3.29. The van der Waals surface area contributed by atoms with Gasteiger partial charge < -0.3 is 5.73 Å². The van der Waals surface area contributed by atoms with Gasteiger partial charge in [-0.15, -0.1) is 11.8 Å². The second-order valence-electron chi connectivity index (χ2n) is 4.64. The third-order valence-electron chi connectivity index (χ3n) is 2.29. The van der Waals surface area contributed by atoms with Crippen LogP contribution < -0.4 is 5.73 Å². The molecule has 0 spiro atoms. The summed E-state index contributed by atoms with van der Waals surface area (Å²) in [6, 6.07) is 6.84. The first-order chi connectivity index (χ1) is 6.95. The number of halogens is 1. The molecule has 1 unspecified atom stereocenters. The average Bonchev–Trinajstić information content (AvgIpc) is 2.14. The van der Waals surface area contributed by atoms with E-state index in [4.69, 9.17) is 5.73 Å². The average molecular weight is 227 g/mol. The standard InChI is InChI=1S/C12H18FNS/c1-12(2,3)11(8-14)15-10-7-5-4-6-9(10)13/h4-7,11H,8,14H2,1-3H3. The third-order valence-corrected chi connectivity index (χ3v) is 4.05. The zero-order chi connectivity index (χ0) is 11.5. The van der Waals surface area contributed by atoms with Crippen molar-refractivity contribution >= 4 is 11.8 Å². The Kier molecular flexibility index (Phi) is 4.17. The quantitative estimate of drug-likeness (QED) is 0.802. The molecule has 0 aliphatic heterocycles. The molecule has 0 aliphatic rings. The number of thioether (sulfide) groups is 1. The molecule has 1 aromatic carbocycles. The Morgan fingerprint density at radius 2 is 1.93 bits per heavy atom. The minimum absolute atomic E-state index is 0.0850. The van der Waals surface area contributed by atoms with Crippen molar-refractivity contribution < 1.29 is 4.39 Å². The Hall–Kier alpha value is -0.540. The highest BCUT2D eigenvalue weighted by molar-refractivity contribution is 8.00. The molecule has 1 atom stereocenters. The Morgan fingerprint density at radius 3 is 2.40 bits per heavy atom. The maximum Gasteiger partial charge on any atom is 0.136 e. The zero-order valence-corrected chi connectivity index (χ0v) is 10.3. The van der Waals surface area contributed by atoms with Gasteiger partial charge in [0.1, 0.15) is 5.82 Å². The first kappa shape index (κ1) is 12.5. The van der Waals surface area contributed by atoms with Crippen molar-refractivity contribution in [2.24, 2.45) is 11.1 Å². The molecule has 0 aliphatic carbocycles. The van der Waals surface area contributed by atoms with Gasteiger partial charge in [-0.2, -0.15) is 0 Å². The number of hydrogen-bond acceptors (Lipinski definition) is 2. The lowest BCUT2D eigenvalue weighted by Crippen LogP contribution is -2.30. The lowest BCUT2D eigenvalue weighted by molar-refractivity contribution is 0.398. The second-order valence-corrected chi connectivity index (χ2v) is 5.88. The fourth-order valence-electron chi connectivity index (χ4n) is 1.27. The molecule has 0 bridgehead atoms. The Labute approximate surface area is 95.2 Å². The van der Waals surface area contributed by atoms with Gasteiger partial charge in [0.2, 0.25) is 0 Å². The van der Waals surface area contributed by atoms with Gasteiger partial charge in [0.05, 0.1) is 0 Å². The minimum Gasteiger partial charge on any atom is -0.329 e. The second kappa shape index (κ2) is 4.99. The molecule has 15 heavy (non-hydrogen) atoms. The van der Waals surface area contributed by atoms with E-state index in [9.17, 15) is 4.39 Å². The number of benzene rings is 1. The maximum absolute atomic E-state index is 13.4. The maximum atomic E-state index is 13.4. The van der Waals surface area contributed by atoms with E-state index in [1.54, 1.807) is 12.1 Å². The first-order valence-corrected chi connectivity index (χ1v) is 5.94. The van der Waals surface area contributed by atoms with E-state index in [2.05, 4.69) is 20.8 Å². The summed E-state index contributed by atoms with van der Waals surface area (Å²) in [6.45, 7) is 6.93. The minimum atomic E-state index is -0.162. The van der Waals surface area contributed by atoms with Gasteiger partial charge >= 0.3 is 0 Å². The Bertz CT molecular complexity index is 320. The molecule has 3 heteroatoms. The summed E-state index contributed by atoms with van der Waals surface area (Å²) in [5.41, 5.74) is 5.80. The van der Waals surface area contributed by atoms with E-state index in [1.165, 1.54) is 17.8 Å². The van der Waals surface area contributed by atoms with Crippen molar-refractivity contribution in [2.75, 3.05) is 6.54 Å². The molecule has 0 amide bonds. The van der Waals surface area contributed by atoms with Crippen LogP contribution in [0, 0.1) is 11.2 Å². The predicted molar refractivity (Wildman–Crippen MR) is 64.6 cm³/mol. The molecule has 0 saturated carbocycles. The van der Waals surface area contributed by atoms with Gasteiger partial charge in [-0.1, -0.05) is 32.9 Å². The lowest BCUT2D eigenvalue weighted by Gasteiger charge is -2.29. The normalized spacial score (nSPS) is 13.9. The van der Waals surface area contributed by atoms with Gasteiger partial charge in [0.25, 0.3) is 0 Å². The summed E-state index contributed by atoms with van der Waals surface area (Å²) in [5.74, 6) is -0.162. The number of rotatable bonds is 3. The van der Waals surface area contributed by atoms with Crippen LogP contribution in [0.2, 0.25) is 0 Å². The summed E-state index contributed by atoms with van der Waals surface area (Å²) in [6.07, 6.45) is 0. The molecule has 1 aromatic rings. The fourth-order valence-corrected chi connectivity index (χ4v) is 2.37. The smallest absolute Gasteiger partial charge is 0.136 e. The van der Waals surface area contributed by atoms with Crippen LogP contribution in [0.25, 0.3) is 0 Å². The molecule has 0 fully saturated rings. The van der Waals surface area contributed by atoms with E-state index in [0.717, 1.165) is 0 Å². The summed E-state index contributed by atoms with van der Waals surface area (Å²) >= 11 is 1.52. The summed E-state index contributed by atoms with van der Waals surface area (Å²) in [7, 11) is 0. The Balaban J connectivity index is 2.80. The number of hydrogen-bond donors (Lipinski definition) is 1. The third kappa shape index (κ3) is 3.50. The monoisotopic (exact) mass is 227 g/mol. The molecule has 1 rings (SSSR count). The van der Waals surface area contributed by atoms with Crippen molar-refractivity contribution in [3.05, 3.63) is 30.1 Å². The van der Waals surface area contributed by atoms with E-state index in [1.807, 2.05) is 6.07 Å². The van der Waals surface area contributed by atoms with Gasteiger partial charge in [-0.25, -0.2) is 4.39 Å². The van der Waals surface area contributed by atoms with E-state index in [-0.39, 0.29) is 16.5 Å². The van der Waals surface area contributed by atoms with Crippen molar-refractivity contribution in [1.29, 1.82) is 0 Å². The van der Waals surface area contributed by atoms with E-state index in [0.29, 0.717) is 11.4 Å². The SMILES string of the molecule is CC(C)(C)C(CN)Sc1ccccc1F. The van der Waals surface area contributed by atoms with E-state index >= 15 is 0 Å². The molecule has 2 N–H and O–H groups in total. The van der Waals surface area contributed by atoms with E-state index < -0.39 is 0 Å². The van der Waals surface area contributed by atoms with Crippen molar-refractivity contribution in [2.45, 2.75) is 30.9 Å². The van der Waals surface area contributed by atoms with Crippen molar-refractivity contribution in [3.8, 4) is 0 Å².